The molecule has 15 heteroatoms. The van der Waals surface area contributed by atoms with Gasteiger partial charge in [0.05, 0.1) is 25.0 Å². The number of aromatic nitrogens is 1. The SMILES string of the molecule is C=C[C@@H]1C[C@]1(NC(=O)[C@@H]1C[C@@H](Oc2nccc3cc(OC)ccc23)CN1C(=O)[C@@H](NC(=O)CO[C@H]1C[C@@H](C)CC[C@@H]1C(C)C)C(C)(C)C)C(=O)NS(=O)(=O)C1CC1. The molecule has 3 saturated carbocycles. The molecule has 8 atom stereocenters. The van der Waals surface area contributed by atoms with E-state index in [1.165, 1.54) is 11.0 Å². The van der Waals surface area contributed by atoms with Crippen molar-refractivity contribution in [3.63, 3.8) is 0 Å². The van der Waals surface area contributed by atoms with Crippen LogP contribution in [0.25, 0.3) is 10.8 Å². The minimum atomic E-state index is -3.90. The molecule has 1 aromatic heterocycles. The summed E-state index contributed by atoms with van der Waals surface area (Å²) in [7, 11) is -2.33. The fourth-order valence-corrected chi connectivity index (χ4v) is 9.77. The number of carbonyl (C=O) groups excluding carboxylic acids is 4. The van der Waals surface area contributed by atoms with Crippen molar-refractivity contribution in [2.75, 3.05) is 20.3 Å². The third kappa shape index (κ3) is 9.40. The number of hydrogen-bond donors (Lipinski definition) is 3. The number of amides is 4. The van der Waals surface area contributed by atoms with Gasteiger partial charge in [-0.25, -0.2) is 13.4 Å². The summed E-state index contributed by atoms with van der Waals surface area (Å²) in [5, 5.41) is 6.63. The Morgan fingerprint density at radius 1 is 1.09 bits per heavy atom. The average Bonchev–Trinajstić information content (AvgIpc) is 4.08. The summed E-state index contributed by atoms with van der Waals surface area (Å²) in [6.45, 7) is 15.6. The van der Waals surface area contributed by atoms with E-state index in [2.05, 4.69) is 47.7 Å². The highest BCUT2D eigenvalue weighted by atomic mass is 32.2. The normalized spacial score (nSPS) is 28.0. The van der Waals surface area contributed by atoms with E-state index in [1.807, 2.05) is 39.0 Å². The lowest BCUT2D eigenvalue weighted by molar-refractivity contribution is -0.146. The lowest BCUT2D eigenvalue weighted by Gasteiger charge is -2.38. The lowest BCUT2D eigenvalue weighted by atomic mass is 9.75. The smallest absolute Gasteiger partial charge is 0.259 e. The summed E-state index contributed by atoms with van der Waals surface area (Å²) in [6.07, 6.45) is 6.46. The molecule has 4 amide bonds. The highest BCUT2D eigenvalue weighted by molar-refractivity contribution is 7.91. The number of sulfonamides is 1. The van der Waals surface area contributed by atoms with Crippen LogP contribution in [0.4, 0.5) is 0 Å². The highest BCUT2D eigenvalue weighted by Crippen LogP contribution is 2.46. The van der Waals surface area contributed by atoms with E-state index >= 15 is 0 Å². The molecule has 3 N–H and O–H groups in total. The molecule has 1 aliphatic heterocycles. The molecule has 14 nitrogen and oxygen atoms in total. The van der Waals surface area contributed by atoms with Crippen molar-refractivity contribution in [1.82, 2.24) is 25.2 Å². The number of rotatable bonds is 15. The highest BCUT2D eigenvalue weighted by Gasteiger charge is 2.62. The van der Waals surface area contributed by atoms with Gasteiger partial charge >= 0.3 is 0 Å². The van der Waals surface area contributed by atoms with Crippen LogP contribution in [-0.4, -0.2) is 97.3 Å². The van der Waals surface area contributed by atoms with Gasteiger partial charge in [-0.3, -0.25) is 23.9 Å². The molecule has 0 unspecified atom stereocenters. The number of nitrogens with zero attached hydrogens (tertiary/aromatic N) is 2. The molecule has 6 rings (SSSR count). The Balaban J connectivity index is 1.24. The number of pyridine rings is 1. The number of fused-ring (bicyclic) bond motifs is 1. The molecule has 0 spiro atoms. The zero-order valence-electron chi connectivity index (χ0n) is 34.2. The van der Waals surface area contributed by atoms with Crippen molar-refractivity contribution in [2.24, 2.45) is 29.1 Å². The van der Waals surface area contributed by atoms with Crippen LogP contribution in [0.1, 0.15) is 86.5 Å². The molecular formula is C42H59N5O9S. The van der Waals surface area contributed by atoms with Crippen molar-refractivity contribution in [3.05, 3.63) is 43.1 Å². The molecule has 57 heavy (non-hydrogen) atoms. The second-order valence-electron chi connectivity index (χ2n) is 17.9. The Bertz CT molecular complexity index is 1980. The van der Waals surface area contributed by atoms with Gasteiger partial charge in [0.2, 0.25) is 33.6 Å². The standard InChI is InChI=1S/C42H59N5O9S/c1-9-27-21-42(27,40(51)46-57(52,53)30-12-13-30)45-37(49)33-20-29(56-38-32-15-11-28(54-8)19-26(32)16-17-43-38)22-47(33)39(50)36(41(5,6)7)44-35(48)23-55-34-18-25(4)10-14-31(34)24(2)3/h9,11,15-17,19,24-25,27,29-31,33-34,36H,1,10,12-14,18,20-23H2,2-8H3,(H,44,48)(H,45,49)(H,46,51)/t25-,27+,29+,31+,33-,34-,36+,42+/m0/s1. The molecule has 4 aliphatic rings. The number of ether oxygens (including phenoxy) is 3. The first-order valence-electron chi connectivity index (χ1n) is 20.2. The van der Waals surface area contributed by atoms with Gasteiger partial charge in [0.25, 0.3) is 5.91 Å². The Labute approximate surface area is 336 Å². The van der Waals surface area contributed by atoms with Gasteiger partial charge in [0, 0.05) is 23.9 Å². The summed E-state index contributed by atoms with van der Waals surface area (Å²) in [4.78, 5) is 62.2. The third-order valence-corrected chi connectivity index (χ3v) is 13.9. The van der Waals surface area contributed by atoms with Crippen LogP contribution >= 0.6 is 0 Å². The van der Waals surface area contributed by atoms with Crippen LogP contribution in [0, 0.1) is 29.1 Å². The number of benzene rings is 1. The zero-order valence-corrected chi connectivity index (χ0v) is 35.0. The van der Waals surface area contributed by atoms with Crippen molar-refractivity contribution < 1.29 is 41.8 Å². The molecule has 2 heterocycles. The van der Waals surface area contributed by atoms with Crippen molar-refractivity contribution in [1.29, 1.82) is 0 Å². The maximum absolute atomic E-state index is 14.7. The fourth-order valence-electron chi connectivity index (χ4n) is 8.41. The van der Waals surface area contributed by atoms with Crippen molar-refractivity contribution in [2.45, 2.75) is 122 Å². The second kappa shape index (κ2) is 16.6. The minimum absolute atomic E-state index is 0.0275. The van der Waals surface area contributed by atoms with Gasteiger partial charge in [0.15, 0.2) is 0 Å². The minimum Gasteiger partial charge on any atom is -0.497 e. The number of carbonyl (C=O) groups is 4. The van der Waals surface area contributed by atoms with E-state index < -0.39 is 74.0 Å². The maximum Gasteiger partial charge on any atom is 0.259 e. The summed E-state index contributed by atoms with van der Waals surface area (Å²) in [5.74, 6) is -0.764. The Kier molecular flexibility index (Phi) is 12.3. The van der Waals surface area contributed by atoms with E-state index in [1.54, 1.807) is 19.4 Å². The monoisotopic (exact) mass is 809 g/mol. The van der Waals surface area contributed by atoms with E-state index in [9.17, 15) is 27.6 Å². The third-order valence-electron chi connectivity index (χ3n) is 12.1. The fraction of sp³-hybridized carbons (Fsp3) is 0.643. The second-order valence-corrected chi connectivity index (χ2v) is 19.9. The predicted molar refractivity (Wildman–Crippen MR) is 215 cm³/mol. The van der Waals surface area contributed by atoms with Gasteiger partial charge in [-0.2, -0.15) is 0 Å². The van der Waals surface area contributed by atoms with Gasteiger partial charge < -0.3 is 29.7 Å². The molecule has 4 fully saturated rings. The van der Waals surface area contributed by atoms with Crippen LogP contribution in [0.15, 0.2) is 43.1 Å². The summed E-state index contributed by atoms with van der Waals surface area (Å²) >= 11 is 0. The van der Waals surface area contributed by atoms with E-state index in [0.29, 0.717) is 47.6 Å². The van der Waals surface area contributed by atoms with E-state index in [-0.39, 0.29) is 32.1 Å². The maximum atomic E-state index is 14.7. The van der Waals surface area contributed by atoms with Gasteiger partial charge in [-0.1, -0.05) is 54.0 Å². The Hall–Kier alpha value is -4.24. The van der Waals surface area contributed by atoms with Gasteiger partial charge in [0.1, 0.15) is 36.1 Å². The quantitative estimate of drug-likeness (QED) is 0.220. The average molecular weight is 810 g/mol. The number of methoxy groups -OCH3 is 1. The molecule has 3 aliphatic carbocycles. The molecule has 2 aromatic rings. The zero-order chi connectivity index (χ0) is 41.4. The molecule has 0 radical (unpaired) electrons. The van der Waals surface area contributed by atoms with Gasteiger partial charge in [-0.05, 0) is 84.9 Å². The van der Waals surface area contributed by atoms with Crippen LogP contribution in [0.2, 0.25) is 0 Å². The largest absolute Gasteiger partial charge is 0.497 e. The molecular weight excluding hydrogens is 751 g/mol. The van der Waals surface area contributed by atoms with E-state index in [0.717, 1.165) is 24.6 Å². The summed E-state index contributed by atoms with van der Waals surface area (Å²) in [6, 6.07) is 5.09. The van der Waals surface area contributed by atoms with Crippen LogP contribution < -0.4 is 24.8 Å². The van der Waals surface area contributed by atoms with Crippen LogP contribution in [0.5, 0.6) is 11.6 Å². The first kappa shape index (κ1) is 42.4. The summed E-state index contributed by atoms with van der Waals surface area (Å²) in [5.41, 5.74) is -2.34. The number of hydrogen-bond acceptors (Lipinski definition) is 10. The first-order valence-corrected chi connectivity index (χ1v) is 21.7. The summed E-state index contributed by atoms with van der Waals surface area (Å²) < 4.78 is 45.7. The molecule has 312 valence electrons. The molecule has 1 aromatic carbocycles. The van der Waals surface area contributed by atoms with E-state index in [4.69, 9.17) is 14.2 Å². The first-order chi connectivity index (χ1) is 26.9. The number of likely N-dealkylation sites (tertiary alicyclic amines) is 1. The molecule has 0 bridgehead atoms. The predicted octanol–water partition coefficient (Wildman–Crippen LogP) is 4.27. The van der Waals surface area contributed by atoms with Gasteiger partial charge in [-0.15, -0.1) is 6.58 Å². The van der Waals surface area contributed by atoms with Crippen LogP contribution in [0.3, 0.4) is 0 Å². The lowest BCUT2D eigenvalue weighted by Crippen LogP contribution is -2.60. The topological polar surface area (TPSA) is 182 Å². The Morgan fingerprint density at radius 3 is 2.46 bits per heavy atom. The van der Waals surface area contributed by atoms with Crippen molar-refractivity contribution >= 4 is 44.4 Å². The number of nitrogens with one attached hydrogen (secondary N) is 3. The van der Waals surface area contributed by atoms with Crippen molar-refractivity contribution in [3.8, 4) is 11.6 Å². The van der Waals surface area contributed by atoms with Crippen LogP contribution in [-0.2, 0) is 33.9 Å². The molecule has 1 saturated heterocycles. The Morgan fingerprint density at radius 2 is 1.82 bits per heavy atom.